The molecule has 0 bridgehead atoms. The molecule has 1 fully saturated rings. The predicted molar refractivity (Wildman–Crippen MR) is 72.0 cm³/mol. The molecule has 1 aromatic carbocycles. The fourth-order valence-corrected chi connectivity index (χ4v) is 1.69. The molecule has 0 saturated heterocycles. The van der Waals surface area contributed by atoms with Crippen LogP contribution in [0, 0.1) is 23.1 Å². The number of nitrogens with two attached hydrogens (primary N) is 1. The van der Waals surface area contributed by atoms with Crippen LogP contribution in [0.2, 0.25) is 0 Å². The molecule has 100 valence electrons. The van der Waals surface area contributed by atoms with Gasteiger partial charge in [0, 0.05) is 12.1 Å². The number of carbonyl (C=O) groups is 1. The Morgan fingerprint density at radius 3 is 2.84 bits per heavy atom. The van der Waals surface area contributed by atoms with Gasteiger partial charge in [-0.3, -0.25) is 4.79 Å². The van der Waals surface area contributed by atoms with Crippen LogP contribution in [0.3, 0.4) is 0 Å². The number of amides is 1. The van der Waals surface area contributed by atoms with E-state index in [1.54, 1.807) is 6.07 Å². The molecule has 19 heavy (non-hydrogen) atoms. The Labute approximate surface area is 112 Å². The molecule has 1 saturated carbocycles. The van der Waals surface area contributed by atoms with Crippen LogP contribution in [-0.2, 0) is 0 Å². The molecule has 2 rings (SSSR count). The molecule has 3 nitrogen and oxygen atoms in total. The van der Waals surface area contributed by atoms with Crippen molar-refractivity contribution in [1.29, 1.82) is 0 Å². The lowest BCUT2D eigenvalue weighted by Gasteiger charge is -2.10. The average molecular weight is 260 g/mol. The van der Waals surface area contributed by atoms with Crippen LogP contribution in [0.4, 0.5) is 4.39 Å². The largest absolute Gasteiger partial charge is 0.351 e. The second kappa shape index (κ2) is 5.41. The van der Waals surface area contributed by atoms with Gasteiger partial charge in [0.1, 0.15) is 5.82 Å². The van der Waals surface area contributed by atoms with Crippen molar-refractivity contribution >= 4 is 5.91 Å². The molecule has 0 aliphatic heterocycles. The Morgan fingerprint density at radius 2 is 2.26 bits per heavy atom. The zero-order valence-corrected chi connectivity index (χ0v) is 10.9. The molecule has 0 unspecified atom stereocenters. The van der Waals surface area contributed by atoms with Gasteiger partial charge < -0.3 is 11.1 Å². The summed E-state index contributed by atoms with van der Waals surface area (Å²) in [6.45, 7) is 2.95. The summed E-state index contributed by atoms with van der Waals surface area (Å²) >= 11 is 0. The van der Waals surface area contributed by atoms with Gasteiger partial charge in [0.05, 0.1) is 12.1 Å². The number of carbonyl (C=O) groups excluding carboxylic acids is 1. The van der Waals surface area contributed by atoms with Gasteiger partial charge in [-0.1, -0.05) is 18.8 Å². The van der Waals surface area contributed by atoms with Crippen LogP contribution in [0.15, 0.2) is 18.2 Å². The van der Waals surface area contributed by atoms with E-state index in [4.69, 9.17) is 5.73 Å². The minimum Gasteiger partial charge on any atom is -0.351 e. The maximum atomic E-state index is 13.7. The van der Waals surface area contributed by atoms with Crippen LogP contribution >= 0.6 is 0 Å². The fourth-order valence-electron chi connectivity index (χ4n) is 1.69. The van der Waals surface area contributed by atoms with Crippen molar-refractivity contribution in [3.8, 4) is 11.8 Å². The summed E-state index contributed by atoms with van der Waals surface area (Å²) in [5.41, 5.74) is 6.05. The van der Waals surface area contributed by atoms with Crippen molar-refractivity contribution in [3.63, 3.8) is 0 Å². The molecule has 3 N–H and O–H groups in total. The number of hydrogen-bond donors (Lipinski definition) is 2. The molecule has 0 heterocycles. The van der Waals surface area contributed by atoms with Crippen molar-refractivity contribution < 1.29 is 9.18 Å². The Kier molecular flexibility index (Phi) is 3.87. The van der Waals surface area contributed by atoms with E-state index in [0.717, 1.165) is 12.8 Å². The predicted octanol–water partition coefficient (Wildman–Crippen LogP) is 1.67. The lowest BCUT2D eigenvalue weighted by Crippen LogP contribution is -2.29. The Bertz CT molecular complexity index is 553. The summed E-state index contributed by atoms with van der Waals surface area (Å²) < 4.78 is 13.7. The average Bonchev–Trinajstić information content (AvgIpc) is 3.13. The normalized spacial score (nSPS) is 15.3. The summed E-state index contributed by atoms with van der Waals surface area (Å²) in [6, 6.07) is 4.30. The molecule has 0 radical (unpaired) electrons. The highest BCUT2D eigenvalue weighted by molar-refractivity contribution is 5.94. The second-order valence-corrected chi connectivity index (χ2v) is 5.19. The Balaban J connectivity index is 2.04. The Morgan fingerprint density at radius 1 is 1.53 bits per heavy atom. The van der Waals surface area contributed by atoms with Crippen LogP contribution in [-0.4, -0.2) is 19.0 Å². The van der Waals surface area contributed by atoms with E-state index in [1.807, 2.05) is 0 Å². The van der Waals surface area contributed by atoms with Gasteiger partial charge in [0.2, 0.25) is 0 Å². The molecular formula is C15H17FN2O. The van der Waals surface area contributed by atoms with E-state index < -0.39 is 5.82 Å². The van der Waals surface area contributed by atoms with E-state index in [1.165, 1.54) is 12.1 Å². The van der Waals surface area contributed by atoms with Gasteiger partial charge in [-0.15, -0.1) is 0 Å². The van der Waals surface area contributed by atoms with Crippen LogP contribution in [0.5, 0.6) is 0 Å². The standard InChI is InChI=1S/C15H17FN2O/c1-15(6-7-15)10-18-14(19)12-5-4-11(3-2-8-17)13(16)9-12/h4-5,9H,6-8,10,17H2,1H3,(H,18,19). The fraction of sp³-hybridized carbons (Fsp3) is 0.400. The summed E-state index contributed by atoms with van der Waals surface area (Å²) in [6.07, 6.45) is 2.27. The number of nitrogens with one attached hydrogen (secondary N) is 1. The van der Waals surface area contributed by atoms with Crippen molar-refractivity contribution in [2.45, 2.75) is 19.8 Å². The third-order valence-electron chi connectivity index (χ3n) is 3.34. The SMILES string of the molecule is CC1(CNC(=O)c2ccc(C#CCN)c(F)c2)CC1. The van der Waals surface area contributed by atoms with Gasteiger partial charge >= 0.3 is 0 Å². The maximum Gasteiger partial charge on any atom is 0.251 e. The van der Waals surface area contributed by atoms with E-state index in [-0.39, 0.29) is 23.4 Å². The quantitative estimate of drug-likeness (QED) is 0.812. The molecule has 1 amide bonds. The summed E-state index contributed by atoms with van der Waals surface area (Å²) in [5.74, 6) is 4.47. The molecule has 1 aliphatic carbocycles. The van der Waals surface area contributed by atoms with Crippen molar-refractivity contribution in [1.82, 2.24) is 5.32 Å². The van der Waals surface area contributed by atoms with Crippen LogP contribution in [0.25, 0.3) is 0 Å². The minimum atomic E-state index is -0.494. The van der Waals surface area contributed by atoms with Crippen LogP contribution in [0.1, 0.15) is 35.7 Å². The Hall–Kier alpha value is -1.86. The van der Waals surface area contributed by atoms with Gasteiger partial charge in [-0.2, -0.15) is 0 Å². The monoisotopic (exact) mass is 260 g/mol. The number of halogens is 1. The van der Waals surface area contributed by atoms with Crippen molar-refractivity contribution in [2.24, 2.45) is 11.1 Å². The van der Waals surface area contributed by atoms with Crippen molar-refractivity contribution in [2.75, 3.05) is 13.1 Å². The van der Waals surface area contributed by atoms with E-state index in [9.17, 15) is 9.18 Å². The highest BCUT2D eigenvalue weighted by atomic mass is 19.1. The highest BCUT2D eigenvalue weighted by Crippen LogP contribution is 2.44. The van der Waals surface area contributed by atoms with Gasteiger partial charge in [-0.25, -0.2) is 4.39 Å². The topological polar surface area (TPSA) is 55.1 Å². The van der Waals surface area contributed by atoms with Crippen LogP contribution < -0.4 is 11.1 Å². The number of benzene rings is 1. The van der Waals surface area contributed by atoms with E-state index in [2.05, 4.69) is 24.1 Å². The number of rotatable bonds is 3. The third-order valence-corrected chi connectivity index (χ3v) is 3.34. The maximum absolute atomic E-state index is 13.7. The zero-order chi connectivity index (χ0) is 13.9. The molecule has 4 heteroatoms. The van der Waals surface area contributed by atoms with Gasteiger partial charge in [0.15, 0.2) is 0 Å². The van der Waals surface area contributed by atoms with Crippen molar-refractivity contribution in [3.05, 3.63) is 35.1 Å². The third kappa shape index (κ3) is 3.55. The van der Waals surface area contributed by atoms with Gasteiger partial charge in [0.25, 0.3) is 5.91 Å². The summed E-state index contributed by atoms with van der Waals surface area (Å²) in [4.78, 5) is 11.9. The summed E-state index contributed by atoms with van der Waals surface area (Å²) in [5, 5.41) is 2.83. The van der Waals surface area contributed by atoms with Gasteiger partial charge in [-0.05, 0) is 36.5 Å². The first kappa shape index (κ1) is 13.6. The summed E-state index contributed by atoms with van der Waals surface area (Å²) in [7, 11) is 0. The highest BCUT2D eigenvalue weighted by Gasteiger charge is 2.37. The molecule has 1 aliphatic rings. The smallest absolute Gasteiger partial charge is 0.251 e. The van der Waals surface area contributed by atoms with E-state index in [0.29, 0.717) is 12.1 Å². The second-order valence-electron chi connectivity index (χ2n) is 5.19. The zero-order valence-electron chi connectivity index (χ0n) is 10.9. The molecular weight excluding hydrogens is 243 g/mol. The first-order chi connectivity index (χ1) is 9.04. The first-order valence-electron chi connectivity index (χ1n) is 6.31. The molecule has 0 aromatic heterocycles. The first-order valence-corrected chi connectivity index (χ1v) is 6.31. The lowest BCUT2D eigenvalue weighted by atomic mass is 10.1. The molecule has 0 atom stereocenters. The van der Waals surface area contributed by atoms with E-state index >= 15 is 0 Å². The molecule has 1 aromatic rings. The number of hydrogen-bond acceptors (Lipinski definition) is 2. The minimum absolute atomic E-state index is 0.181. The lowest BCUT2D eigenvalue weighted by molar-refractivity contribution is 0.0945. The molecule has 0 spiro atoms.